The molecule has 0 bridgehead atoms. The van der Waals surface area contributed by atoms with Crippen LogP contribution in [-0.2, 0) is 17.9 Å². The van der Waals surface area contributed by atoms with E-state index < -0.39 is 0 Å². The second-order valence-electron chi connectivity index (χ2n) is 6.91. The van der Waals surface area contributed by atoms with E-state index in [1.165, 1.54) is 11.3 Å². The van der Waals surface area contributed by atoms with Gasteiger partial charge in [0.2, 0.25) is 5.91 Å². The molecule has 1 amide bonds. The van der Waals surface area contributed by atoms with Gasteiger partial charge in [0, 0.05) is 42.3 Å². The van der Waals surface area contributed by atoms with Crippen LogP contribution in [0.2, 0.25) is 5.02 Å². The van der Waals surface area contributed by atoms with Gasteiger partial charge >= 0.3 is 0 Å². The molecule has 1 aromatic carbocycles. The number of aromatic nitrogens is 2. The van der Waals surface area contributed by atoms with Crippen LogP contribution in [0.15, 0.2) is 24.3 Å². The molecular weight excluding hydrogens is 348 g/mol. The average Bonchev–Trinajstić information content (AvgIpc) is 3.14. The van der Waals surface area contributed by atoms with Crippen molar-refractivity contribution in [3.63, 3.8) is 0 Å². The SMILES string of the molecule is Cc1nn(Cc2ccccc2Cl)c(C)c1CNCCCN1CCCC1=O. The zero-order valence-corrected chi connectivity index (χ0v) is 16.4. The minimum atomic E-state index is 0.303. The van der Waals surface area contributed by atoms with Crippen LogP contribution in [0.4, 0.5) is 0 Å². The molecule has 3 rings (SSSR count). The minimum absolute atomic E-state index is 0.303. The lowest BCUT2D eigenvalue weighted by Gasteiger charge is -2.15. The average molecular weight is 375 g/mol. The van der Waals surface area contributed by atoms with Gasteiger partial charge in [-0.25, -0.2) is 0 Å². The highest BCUT2D eigenvalue weighted by Gasteiger charge is 2.19. The van der Waals surface area contributed by atoms with Gasteiger partial charge < -0.3 is 10.2 Å². The Balaban J connectivity index is 1.51. The molecule has 0 spiro atoms. The van der Waals surface area contributed by atoms with E-state index in [9.17, 15) is 4.79 Å². The highest BCUT2D eigenvalue weighted by atomic mass is 35.5. The monoisotopic (exact) mass is 374 g/mol. The van der Waals surface area contributed by atoms with Crippen LogP contribution in [-0.4, -0.2) is 40.2 Å². The van der Waals surface area contributed by atoms with Crippen molar-refractivity contribution in [1.82, 2.24) is 20.0 Å². The van der Waals surface area contributed by atoms with Crippen molar-refractivity contribution in [2.75, 3.05) is 19.6 Å². The summed E-state index contributed by atoms with van der Waals surface area (Å²) < 4.78 is 2.02. The number of rotatable bonds is 8. The van der Waals surface area contributed by atoms with Crippen molar-refractivity contribution in [1.29, 1.82) is 0 Å². The Labute approximate surface area is 160 Å². The van der Waals surface area contributed by atoms with E-state index >= 15 is 0 Å². The van der Waals surface area contributed by atoms with Crippen LogP contribution >= 0.6 is 11.6 Å². The lowest BCUT2D eigenvalue weighted by Crippen LogP contribution is -2.28. The molecule has 26 heavy (non-hydrogen) atoms. The molecule has 0 atom stereocenters. The van der Waals surface area contributed by atoms with E-state index in [4.69, 9.17) is 11.6 Å². The molecule has 0 saturated carbocycles. The van der Waals surface area contributed by atoms with E-state index in [2.05, 4.69) is 24.3 Å². The summed E-state index contributed by atoms with van der Waals surface area (Å²) in [4.78, 5) is 13.6. The Kier molecular flexibility index (Phi) is 6.33. The van der Waals surface area contributed by atoms with Gasteiger partial charge in [0.1, 0.15) is 0 Å². The number of aryl methyl sites for hydroxylation is 1. The normalized spacial score (nSPS) is 14.4. The topological polar surface area (TPSA) is 50.2 Å². The van der Waals surface area contributed by atoms with Crippen LogP contribution in [0, 0.1) is 13.8 Å². The van der Waals surface area contributed by atoms with Crippen molar-refractivity contribution in [2.45, 2.75) is 46.2 Å². The molecule has 2 heterocycles. The molecule has 5 nitrogen and oxygen atoms in total. The molecule has 1 fully saturated rings. The van der Waals surface area contributed by atoms with Gasteiger partial charge in [-0.3, -0.25) is 9.48 Å². The molecule has 140 valence electrons. The molecule has 1 aliphatic heterocycles. The standard InChI is InChI=1S/C20H27ClN4O/c1-15-18(13-22-10-6-12-24-11-5-9-20(24)26)16(2)25(23-15)14-17-7-3-4-8-19(17)21/h3-4,7-8,22H,5-6,9-14H2,1-2H3. The first kappa shape index (κ1) is 18.9. The van der Waals surface area contributed by atoms with Gasteiger partial charge in [-0.05, 0) is 44.9 Å². The third kappa shape index (κ3) is 4.46. The maximum Gasteiger partial charge on any atom is 0.222 e. The molecular formula is C20H27ClN4O. The highest BCUT2D eigenvalue weighted by molar-refractivity contribution is 6.31. The fourth-order valence-electron chi connectivity index (χ4n) is 3.48. The van der Waals surface area contributed by atoms with Gasteiger partial charge in [0.25, 0.3) is 0 Å². The van der Waals surface area contributed by atoms with E-state index in [0.717, 1.165) is 61.7 Å². The molecule has 1 aromatic heterocycles. The van der Waals surface area contributed by atoms with Crippen LogP contribution in [0.1, 0.15) is 41.8 Å². The zero-order valence-electron chi connectivity index (χ0n) is 15.6. The first-order chi connectivity index (χ1) is 12.6. The Bertz CT molecular complexity index is 771. The third-order valence-electron chi connectivity index (χ3n) is 5.06. The number of carbonyl (C=O) groups excluding carboxylic acids is 1. The number of hydrogen-bond donors (Lipinski definition) is 1. The van der Waals surface area contributed by atoms with Crippen LogP contribution in [0.3, 0.4) is 0 Å². The lowest BCUT2D eigenvalue weighted by atomic mass is 10.2. The van der Waals surface area contributed by atoms with Gasteiger partial charge in [-0.15, -0.1) is 0 Å². The van der Waals surface area contributed by atoms with Gasteiger partial charge in [-0.1, -0.05) is 29.8 Å². The van der Waals surface area contributed by atoms with Gasteiger partial charge in [0.15, 0.2) is 0 Å². The summed E-state index contributed by atoms with van der Waals surface area (Å²) >= 11 is 6.27. The Hall–Kier alpha value is -1.85. The predicted octanol–water partition coefficient (Wildman–Crippen LogP) is 3.30. The van der Waals surface area contributed by atoms with Crippen molar-refractivity contribution in [3.05, 3.63) is 51.8 Å². The molecule has 1 saturated heterocycles. The van der Waals surface area contributed by atoms with E-state index in [1.54, 1.807) is 0 Å². The quantitative estimate of drug-likeness (QED) is 0.721. The molecule has 0 radical (unpaired) electrons. The summed E-state index contributed by atoms with van der Waals surface area (Å²) in [7, 11) is 0. The van der Waals surface area contributed by atoms with Gasteiger partial charge in [0.05, 0.1) is 12.2 Å². The maximum atomic E-state index is 11.6. The number of hydrogen-bond acceptors (Lipinski definition) is 3. The predicted molar refractivity (Wildman–Crippen MR) is 104 cm³/mol. The zero-order chi connectivity index (χ0) is 18.5. The lowest BCUT2D eigenvalue weighted by molar-refractivity contribution is -0.127. The highest BCUT2D eigenvalue weighted by Crippen LogP contribution is 2.19. The van der Waals surface area contributed by atoms with E-state index in [-0.39, 0.29) is 0 Å². The Morgan fingerprint density at radius 1 is 1.27 bits per heavy atom. The number of likely N-dealkylation sites (tertiary alicyclic amines) is 1. The first-order valence-electron chi connectivity index (χ1n) is 9.31. The minimum Gasteiger partial charge on any atom is -0.343 e. The van der Waals surface area contributed by atoms with Crippen molar-refractivity contribution in [3.8, 4) is 0 Å². The third-order valence-corrected chi connectivity index (χ3v) is 5.43. The summed E-state index contributed by atoms with van der Waals surface area (Å²) in [5, 5.41) is 8.95. The summed E-state index contributed by atoms with van der Waals surface area (Å²) in [6, 6.07) is 7.89. The largest absolute Gasteiger partial charge is 0.343 e. The Morgan fingerprint density at radius 3 is 2.81 bits per heavy atom. The van der Waals surface area contributed by atoms with Crippen molar-refractivity contribution >= 4 is 17.5 Å². The number of nitrogens with zero attached hydrogens (tertiary/aromatic N) is 3. The fraction of sp³-hybridized carbons (Fsp3) is 0.500. The number of halogens is 1. The fourth-order valence-corrected chi connectivity index (χ4v) is 3.68. The maximum absolute atomic E-state index is 11.6. The first-order valence-corrected chi connectivity index (χ1v) is 9.69. The summed E-state index contributed by atoms with van der Waals surface area (Å²) in [6.07, 6.45) is 2.71. The van der Waals surface area contributed by atoms with Crippen molar-refractivity contribution in [2.24, 2.45) is 0 Å². The molecule has 6 heteroatoms. The molecule has 0 unspecified atom stereocenters. The smallest absolute Gasteiger partial charge is 0.222 e. The van der Waals surface area contributed by atoms with Crippen LogP contribution in [0.5, 0.6) is 0 Å². The number of carbonyl (C=O) groups is 1. The summed E-state index contributed by atoms with van der Waals surface area (Å²) in [6.45, 7) is 8.32. The van der Waals surface area contributed by atoms with Crippen molar-refractivity contribution < 1.29 is 4.79 Å². The molecule has 1 aliphatic rings. The summed E-state index contributed by atoms with van der Waals surface area (Å²) in [5.74, 6) is 0.303. The molecule has 0 aliphatic carbocycles. The molecule has 2 aromatic rings. The number of nitrogens with one attached hydrogen (secondary N) is 1. The van der Waals surface area contributed by atoms with Gasteiger partial charge in [-0.2, -0.15) is 5.10 Å². The second-order valence-corrected chi connectivity index (χ2v) is 7.32. The number of benzene rings is 1. The van der Waals surface area contributed by atoms with E-state index in [1.807, 2.05) is 33.8 Å². The Morgan fingerprint density at radius 2 is 2.08 bits per heavy atom. The van der Waals surface area contributed by atoms with E-state index in [0.29, 0.717) is 12.5 Å². The second kappa shape index (κ2) is 8.69. The molecule has 1 N–H and O–H groups in total. The van der Waals surface area contributed by atoms with Crippen LogP contribution < -0.4 is 5.32 Å². The summed E-state index contributed by atoms with van der Waals surface area (Å²) in [5.41, 5.74) is 4.55. The number of amides is 1. The van der Waals surface area contributed by atoms with Crippen LogP contribution in [0.25, 0.3) is 0 Å².